The number of hydrogen-bond donors (Lipinski definition) is 6. The standard InChI is InChI=1S/C18H22N6O7S/c19-16-13-17(21-7-20-16)24(8-22-13)18-15(28)14(27)12(31-18)5-23-32(29,30)6-11(26)9-3-1-2-4-10(9)25/h1-4,7-8,11-12,14-15,18,23,25-28H,5-6H2,(H2,19,20,21)/t11?,12-,14?,15+,18-/m1/s1. The minimum Gasteiger partial charge on any atom is -0.508 e. The molecule has 3 aromatic rings. The van der Waals surface area contributed by atoms with E-state index in [0.717, 1.165) is 0 Å². The van der Waals surface area contributed by atoms with Gasteiger partial charge in [-0.15, -0.1) is 0 Å². The van der Waals surface area contributed by atoms with Crippen molar-refractivity contribution in [2.24, 2.45) is 0 Å². The lowest BCUT2D eigenvalue weighted by Crippen LogP contribution is -2.41. The number of aromatic hydroxyl groups is 1. The number of nitrogens with two attached hydrogens (primary N) is 1. The van der Waals surface area contributed by atoms with Crippen LogP contribution in [0.5, 0.6) is 5.75 Å². The van der Waals surface area contributed by atoms with Gasteiger partial charge in [0, 0.05) is 12.1 Å². The largest absolute Gasteiger partial charge is 0.508 e. The van der Waals surface area contributed by atoms with Gasteiger partial charge in [0.25, 0.3) is 0 Å². The number of nitrogens with zero attached hydrogens (tertiary/aromatic N) is 4. The maximum Gasteiger partial charge on any atom is 0.214 e. The lowest BCUT2D eigenvalue weighted by atomic mass is 10.1. The van der Waals surface area contributed by atoms with Crippen LogP contribution in [0.3, 0.4) is 0 Å². The molecule has 3 heterocycles. The first-order valence-electron chi connectivity index (χ1n) is 9.56. The van der Waals surface area contributed by atoms with Crippen LogP contribution >= 0.6 is 0 Å². The lowest BCUT2D eigenvalue weighted by Gasteiger charge is -2.17. The second-order valence-corrected chi connectivity index (χ2v) is 9.19. The molecule has 0 radical (unpaired) electrons. The summed E-state index contributed by atoms with van der Waals surface area (Å²) in [5, 5.41) is 40.8. The highest BCUT2D eigenvalue weighted by molar-refractivity contribution is 7.89. The van der Waals surface area contributed by atoms with Gasteiger partial charge in [-0.1, -0.05) is 18.2 Å². The molecular weight excluding hydrogens is 444 g/mol. The fourth-order valence-electron chi connectivity index (χ4n) is 3.52. The van der Waals surface area contributed by atoms with Crippen molar-refractivity contribution >= 4 is 27.0 Å². The Morgan fingerprint density at radius 2 is 1.94 bits per heavy atom. The number of aliphatic hydroxyl groups excluding tert-OH is 3. The molecule has 2 aromatic heterocycles. The molecule has 172 valence electrons. The third-order valence-corrected chi connectivity index (χ3v) is 6.54. The monoisotopic (exact) mass is 466 g/mol. The number of fused-ring (bicyclic) bond motifs is 1. The summed E-state index contributed by atoms with van der Waals surface area (Å²) in [5.41, 5.74) is 6.39. The van der Waals surface area contributed by atoms with Gasteiger partial charge in [0.2, 0.25) is 10.0 Å². The van der Waals surface area contributed by atoms with Crippen molar-refractivity contribution in [3.05, 3.63) is 42.5 Å². The number of rotatable bonds is 7. The van der Waals surface area contributed by atoms with Crippen LogP contribution in [0.15, 0.2) is 36.9 Å². The van der Waals surface area contributed by atoms with Crippen molar-refractivity contribution < 1.29 is 33.6 Å². The molecule has 0 bridgehead atoms. The third-order valence-electron chi connectivity index (χ3n) is 5.18. The summed E-state index contributed by atoms with van der Waals surface area (Å²) in [4.78, 5) is 12.0. The van der Waals surface area contributed by atoms with Gasteiger partial charge in [0.15, 0.2) is 17.7 Å². The molecule has 5 atom stereocenters. The zero-order chi connectivity index (χ0) is 23.0. The molecular formula is C18H22N6O7S. The van der Waals surface area contributed by atoms with E-state index in [0.29, 0.717) is 5.52 Å². The van der Waals surface area contributed by atoms with Crippen LogP contribution in [0.25, 0.3) is 11.2 Å². The summed E-state index contributed by atoms with van der Waals surface area (Å²) in [7, 11) is -4.03. The number of phenolic OH excluding ortho intramolecular Hbond substituents is 1. The number of benzene rings is 1. The van der Waals surface area contributed by atoms with Crippen LogP contribution in [0.2, 0.25) is 0 Å². The molecule has 1 aromatic carbocycles. The Morgan fingerprint density at radius 3 is 2.69 bits per heavy atom. The summed E-state index contributed by atoms with van der Waals surface area (Å²) in [6.45, 7) is -0.367. The summed E-state index contributed by atoms with van der Waals surface area (Å²) in [6.07, 6.45) is -3.92. The van der Waals surface area contributed by atoms with Crippen LogP contribution in [0, 0.1) is 0 Å². The van der Waals surface area contributed by atoms with E-state index in [1.54, 1.807) is 12.1 Å². The topological polar surface area (TPSA) is 206 Å². The second kappa shape index (κ2) is 8.57. The van der Waals surface area contributed by atoms with Crippen LogP contribution in [-0.2, 0) is 14.8 Å². The molecule has 0 aliphatic carbocycles. The molecule has 13 nitrogen and oxygen atoms in total. The molecule has 4 rings (SSSR count). The van der Waals surface area contributed by atoms with Crippen LogP contribution in [0.4, 0.5) is 5.82 Å². The smallest absolute Gasteiger partial charge is 0.214 e. The zero-order valence-electron chi connectivity index (χ0n) is 16.6. The minimum absolute atomic E-state index is 0.0683. The minimum atomic E-state index is -4.03. The van der Waals surface area contributed by atoms with Gasteiger partial charge in [-0.2, -0.15) is 0 Å². The molecule has 1 fully saturated rings. The molecule has 32 heavy (non-hydrogen) atoms. The van der Waals surface area contributed by atoms with Crippen molar-refractivity contribution in [3.63, 3.8) is 0 Å². The van der Waals surface area contributed by atoms with Crippen molar-refractivity contribution in [2.75, 3.05) is 18.0 Å². The van der Waals surface area contributed by atoms with Gasteiger partial charge in [0.1, 0.15) is 35.9 Å². The first kappa shape index (κ1) is 22.3. The quantitative estimate of drug-likeness (QED) is 0.233. The van der Waals surface area contributed by atoms with Crippen LogP contribution < -0.4 is 10.5 Å². The Kier molecular flexibility index (Phi) is 5.98. The Morgan fingerprint density at radius 1 is 1.19 bits per heavy atom. The van der Waals surface area contributed by atoms with Crippen LogP contribution in [-0.4, -0.2) is 79.0 Å². The maximum absolute atomic E-state index is 12.4. The molecule has 0 spiro atoms. The number of hydrogen-bond acceptors (Lipinski definition) is 11. The SMILES string of the molecule is Nc1ncnc2c1ncn2[C@@H]1O[C@H](CNS(=O)(=O)CC(O)c2ccccc2O)C(O)[C@@H]1O. The number of anilines is 1. The van der Waals surface area contributed by atoms with E-state index < -0.39 is 46.4 Å². The highest BCUT2D eigenvalue weighted by Gasteiger charge is 2.44. The second-order valence-electron chi connectivity index (χ2n) is 7.33. The van der Waals surface area contributed by atoms with E-state index in [9.17, 15) is 28.8 Å². The number of phenols is 1. The number of nitrogen functional groups attached to an aromatic ring is 1. The number of nitrogens with one attached hydrogen (secondary N) is 1. The number of sulfonamides is 1. The van der Waals surface area contributed by atoms with Gasteiger partial charge in [-0.05, 0) is 6.07 Å². The predicted octanol–water partition coefficient (Wildman–Crippen LogP) is -1.61. The molecule has 2 unspecified atom stereocenters. The van der Waals surface area contributed by atoms with Crippen molar-refractivity contribution in [3.8, 4) is 5.75 Å². The van der Waals surface area contributed by atoms with E-state index in [2.05, 4.69) is 19.7 Å². The number of aliphatic hydroxyl groups is 3. The summed E-state index contributed by atoms with van der Waals surface area (Å²) < 4.78 is 34.1. The molecule has 7 N–H and O–H groups in total. The highest BCUT2D eigenvalue weighted by Crippen LogP contribution is 2.32. The summed E-state index contributed by atoms with van der Waals surface area (Å²) in [5.74, 6) is -0.816. The number of para-hydroxylation sites is 1. The van der Waals surface area contributed by atoms with Crippen molar-refractivity contribution in [2.45, 2.75) is 30.6 Å². The maximum atomic E-state index is 12.4. The molecule has 0 saturated carbocycles. The third kappa shape index (κ3) is 4.23. The number of aromatic nitrogens is 4. The van der Waals surface area contributed by atoms with E-state index in [1.165, 1.54) is 29.4 Å². The highest BCUT2D eigenvalue weighted by atomic mass is 32.2. The van der Waals surface area contributed by atoms with Gasteiger partial charge >= 0.3 is 0 Å². The first-order chi connectivity index (χ1) is 15.2. The molecule has 1 aliphatic heterocycles. The lowest BCUT2D eigenvalue weighted by molar-refractivity contribution is -0.0330. The zero-order valence-corrected chi connectivity index (χ0v) is 17.4. The van der Waals surface area contributed by atoms with E-state index >= 15 is 0 Å². The van der Waals surface area contributed by atoms with Gasteiger partial charge in [0.05, 0.1) is 18.2 Å². The Balaban J connectivity index is 1.43. The fraction of sp³-hybridized carbons (Fsp3) is 0.389. The first-order valence-corrected chi connectivity index (χ1v) is 11.2. The van der Waals surface area contributed by atoms with Gasteiger partial charge in [-0.3, -0.25) is 4.57 Å². The van der Waals surface area contributed by atoms with Gasteiger partial charge < -0.3 is 30.9 Å². The molecule has 14 heteroatoms. The van der Waals surface area contributed by atoms with E-state index in [4.69, 9.17) is 10.5 Å². The van der Waals surface area contributed by atoms with E-state index in [-0.39, 0.29) is 29.3 Å². The average molecular weight is 466 g/mol. The number of imidazole rings is 1. The fourth-order valence-corrected chi connectivity index (χ4v) is 4.65. The van der Waals surface area contributed by atoms with Crippen molar-refractivity contribution in [1.82, 2.24) is 24.2 Å². The summed E-state index contributed by atoms with van der Waals surface area (Å²) >= 11 is 0. The Hall–Kier alpha value is -2.88. The normalized spacial score (nSPS) is 24.7. The molecule has 1 aliphatic rings. The predicted molar refractivity (Wildman–Crippen MR) is 111 cm³/mol. The van der Waals surface area contributed by atoms with E-state index in [1.807, 2.05) is 0 Å². The van der Waals surface area contributed by atoms with Gasteiger partial charge in [-0.25, -0.2) is 28.1 Å². The average Bonchev–Trinajstić information content (AvgIpc) is 3.29. The number of ether oxygens (including phenoxy) is 1. The summed E-state index contributed by atoms with van der Waals surface area (Å²) in [6, 6.07) is 5.84. The van der Waals surface area contributed by atoms with Crippen LogP contribution in [0.1, 0.15) is 17.9 Å². The Labute approximate surface area is 182 Å². The Bertz CT molecular complexity index is 1220. The van der Waals surface area contributed by atoms with Crippen molar-refractivity contribution in [1.29, 1.82) is 0 Å². The molecule has 0 amide bonds. The molecule has 1 saturated heterocycles.